The van der Waals surface area contributed by atoms with Gasteiger partial charge < -0.3 is 5.32 Å². The Balaban J connectivity index is 2.63. The SMILES string of the molecule is CCC(C)CC(CC)Nc1ccc(C)c(I)c1. The molecule has 0 aliphatic carbocycles. The van der Waals surface area contributed by atoms with Gasteiger partial charge in [-0.3, -0.25) is 0 Å². The lowest BCUT2D eigenvalue weighted by atomic mass is 9.97. The fourth-order valence-electron chi connectivity index (χ4n) is 1.90. The van der Waals surface area contributed by atoms with Gasteiger partial charge >= 0.3 is 0 Å². The van der Waals surface area contributed by atoms with Crippen LogP contribution in [0, 0.1) is 16.4 Å². The smallest absolute Gasteiger partial charge is 0.0353 e. The van der Waals surface area contributed by atoms with E-state index in [1.807, 2.05) is 0 Å². The number of nitrogens with one attached hydrogen (secondary N) is 1. The number of anilines is 1. The molecule has 0 bridgehead atoms. The van der Waals surface area contributed by atoms with E-state index in [2.05, 4.69) is 73.8 Å². The minimum atomic E-state index is 0.600. The van der Waals surface area contributed by atoms with Crippen LogP contribution in [0.4, 0.5) is 5.69 Å². The second-order valence-corrected chi connectivity index (χ2v) is 6.12. The zero-order valence-corrected chi connectivity index (χ0v) is 13.5. The van der Waals surface area contributed by atoms with Crippen LogP contribution in [0.5, 0.6) is 0 Å². The van der Waals surface area contributed by atoms with Crippen LogP contribution in [0.3, 0.4) is 0 Å². The van der Waals surface area contributed by atoms with Gasteiger partial charge in [0, 0.05) is 15.3 Å². The second kappa shape index (κ2) is 7.24. The van der Waals surface area contributed by atoms with Crippen LogP contribution in [0.2, 0.25) is 0 Å². The molecule has 0 aromatic heterocycles. The van der Waals surface area contributed by atoms with Crippen molar-refractivity contribution in [3.63, 3.8) is 0 Å². The van der Waals surface area contributed by atoms with Crippen molar-refractivity contribution < 1.29 is 0 Å². The molecule has 0 saturated carbocycles. The quantitative estimate of drug-likeness (QED) is 0.697. The molecule has 0 spiro atoms. The van der Waals surface area contributed by atoms with Crippen LogP contribution >= 0.6 is 22.6 Å². The van der Waals surface area contributed by atoms with Gasteiger partial charge in [0.05, 0.1) is 0 Å². The van der Waals surface area contributed by atoms with Gasteiger partial charge in [-0.25, -0.2) is 0 Å². The lowest BCUT2D eigenvalue weighted by Gasteiger charge is -2.21. The summed E-state index contributed by atoms with van der Waals surface area (Å²) in [5.41, 5.74) is 2.61. The standard InChI is InChI=1S/C15H24IN/c1-5-11(3)9-13(6-2)17-14-8-7-12(4)15(16)10-14/h7-8,10-11,13,17H,5-6,9H2,1-4H3. The summed E-state index contributed by atoms with van der Waals surface area (Å²) in [6.07, 6.45) is 3.72. The first-order valence-corrected chi connectivity index (χ1v) is 7.67. The normalized spacial score (nSPS) is 14.4. The van der Waals surface area contributed by atoms with Crippen molar-refractivity contribution in [1.29, 1.82) is 0 Å². The molecule has 0 amide bonds. The summed E-state index contributed by atoms with van der Waals surface area (Å²) >= 11 is 2.40. The maximum absolute atomic E-state index is 3.66. The van der Waals surface area contributed by atoms with Gasteiger partial charge in [0.1, 0.15) is 0 Å². The van der Waals surface area contributed by atoms with Crippen molar-refractivity contribution in [1.82, 2.24) is 0 Å². The number of hydrogen-bond acceptors (Lipinski definition) is 1. The molecule has 1 aromatic rings. The molecule has 1 aromatic carbocycles. The molecule has 1 rings (SSSR count). The highest BCUT2D eigenvalue weighted by Crippen LogP contribution is 2.21. The molecule has 0 fully saturated rings. The molecule has 0 aliphatic rings. The number of aryl methyl sites for hydroxylation is 1. The van der Waals surface area contributed by atoms with E-state index in [1.54, 1.807) is 0 Å². The van der Waals surface area contributed by atoms with E-state index in [4.69, 9.17) is 0 Å². The van der Waals surface area contributed by atoms with Crippen LogP contribution in [0.1, 0.15) is 45.6 Å². The third-order valence-corrected chi connectivity index (χ3v) is 4.58. The summed E-state index contributed by atoms with van der Waals surface area (Å²) in [5.74, 6) is 0.803. The Bertz CT molecular complexity index is 349. The highest BCUT2D eigenvalue weighted by Gasteiger charge is 2.10. The van der Waals surface area contributed by atoms with Crippen LogP contribution in [-0.4, -0.2) is 6.04 Å². The van der Waals surface area contributed by atoms with E-state index >= 15 is 0 Å². The zero-order valence-electron chi connectivity index (χ0n) is 11.4. The third-order valence-electron chi connectivity index (χ3n) is 3.42. The summed E-state index contributed by atoms with van der Waals surface area (Å²) in [7, 11) is 0. The maximum atomic E-state index is 3.66. The first-order valence-electron chi connectivity index (χ1n) is 6.59. The predicted molar refractivity (Wildman–Crippen MR) is 85.7 cm³/mol. The van der Waals surface area contributed by atoms with Crippen molar-refractivity contribution in [2.75, 3.05) is 5.32 Å². The summed E-state index contributed by atoms with van der Waals surface area (Å²) in [4.78, 5) is 0. The summed E-state index contributed by atoms with van der Waals surface area (Å²) in [6, 6.07) is 7.23. The summed E-state index contributed by atoms with van der Waals surface area (Å²) in [6.45, 7) is 9.02. The molecule has 0 heterocycles. The number of hydrogen-bond donors (Lipinski definition) is 1. The van der Waals surface area contributed by atoms with Crippen molar-refractivity contribution in [3.05, 3.63) is 27.3 Å². The number of rotatable bonds is 6. The minimum Gasteiger partial charge on any atom is -0.382 e. The van der Waals surface area contributed by atoms with E-state index in [0.717, 1.165) is 5.92 Å². The second-order valence-electron chi connectivity index (χ2n) is 4.96. The van der Waals surface area contributed by atoms with Crippen molar-refractivity contribution in [3.8, 4) is 0 Å². The highest BCUT2D eigenvalue weighted by atomic mass is 127. The number of benzene rings is 1. The average Bonchev–Trinajstić information content (AvgIpc) is 2.32. The topological polar surface area (TPSA) is 12.0 Å². The van der Waals surface area contributed by atoms with Crippen LogP contribution < -0.4 is 5.32 Å². The maximum Gasteiger partial charge on any atom is 0.0353 e. The molecule has 0 aliphatic heterocycles. The van der Waals surface area contributed by atoms with Gasteiger partial charge in [-0.05, 0) is 66.0 Å². The molecule has 0 saturated heterocycles. The van der Waals surface area contributed by atoms with Crippen molar-refractivity contribution in [2.45, 2.75) is 53.0 Å². The Morgan fingerprint density at radius 2 is 1.94 bits per heavy atom. The molecular weight excluding hydrogens is 321 g/mol. The fraction of sp³-hybridized carbons (Fsp3) is 0.600. The fourth-order valence-corrected chi connectivity index (χ4v) is 2.41. The van der Waals surface area contributed by atoms with Crippen molar-refractivity contribution >= 4 is 28.3 Å². The van der Waals surface area contributed by atoms with E-state index in [0.29, 0.717) is 6.04 Å². The molecule has 1 N–H and O–H groups in total. The third kappa shape index (κ3) is 4.86. The van der Waals surface area contributed by atoms with E-state index in [9.17, 15) is 0 Å². The predicted octanol–water partition coefficient (Wildman–Crippen LogP) is 5.23. The van der Waals surface area contributed by atoms with Crippen LogP contribution in [0.15, 0.2) is 18.2 Å². The molecule has 96 valence electrons. The lowest BCUT2D eigenvalue weighted by molar-refractivity contribution is 0.462. The van der Waals surface area contributed by atoms with Gasteiger partial charge in [0.15, 0.2) is 0 Å². The molecule has 2 unspecified atom stereocenters. The first-order chi connectivity index (χ1) is 8.06. The lowest BCUT2D eigenvalue weighted by Crippen LogP contribution is -2.21. The molecule has 2 heteroatoms. The molecule has 17 heavy (non-hydrogen) atoms. The molecule has 2 atom stereocenters. The minimum absolute atomic E-state index is 0.600. The Labute approximate surface area is 120 Å². The van der Waals surface area contributed by atoms with E-state index in [1.165, 1.54) is 34.1 Å². The monoisotopic (exact) mass is 345 g/mol. The first kappa shape index (κ1) is 14.8. The molecule has 1 nitrogen and oxygen atoms in total. The summed E-state index contributed by atoms with van der Waals surface area (Å²) in [5, 5.41) is 3.66. The van der Waals surface area contributed by atoms with E-state index < -0.39 is 0 Å². The molecule has 0 radical (unpaired) electrons. The zero-order chi connectivity index (χ0) is 12.8. The number of halogens is 1. The average molecular weight is 345 g/mol. The Hall–Kier alpha value is -0.250. The van der Waals surface area contributed by atoms with Gasteiger partial charge in [0.2, 0.25) is 0 Å². The Morgan fingerprint density at radius 1 is 1.24 bits per heavy atom. The van der Waals surface area contributed by atoms with Gasteiger partial charge in [0.25, 0.3) is 0 Å². The Morgan fingerprint density at radius 3 is 2.47 bits per heavy atom. The van der Waals surface area contributed by atoms with Crippen LogP contribution in [-0.2, 0) is 0 Å². The van der Waals surface area contributed by atoms with Gasteiger partial charge in [-0.15, -0.1) is 0 Å². The summed E-state index contributed by atoms with van der Waals surface area (Å²) < 4.78 is 1.34. The van der Waals surface area contributed by atoms with Gasteiger partial charge in [-0.1, -0.05) is 33.3 Å². The van der Waals surface area contributed by atoms with Crippen LogP contribution in [0.25, 0.3) is 0 Å². The van der Waals surface area contributed by atoms with Gasteiger partial charge in [-0.2, -0.15) is 0 Å². The molecular formula is C15H24IN. The van der Waals surface area contributed by atoms with Crippen molar-refractivity contribution in [2.24, 2.45) is 5.92 Å². The Kier molecular flexibility index (Phi) is 6.31. The highest BCUT2D eigenvalue weighted by molar-refractivity contribution is 14.1. The van der Waals surface area contributed by atoms with E-state index in [-0.39, 0.29) is 0 Å². The largest absolute Gasteiger partial charge is 0.382 e.